The molecular weight excluding hydrogens is 561 g/mol. The van der Waals surface area contributed by atoms with E-state index in [1.807, 2.05) is 6.07 Å². The molecule has 40 heavy (non-hydrogen) atoms. The number of rotatable bonds is 9. The molecule has 0 spiro atoms. The van der Waals surface area contributed by atoms with Crippen LogP contribution in [0.3, 0.4) is 0 Å². The summed E-state index contributed by atoms with van der Waals surface area (Å²) in [4.78, 5) is 16.8. The number of hydrogen-bond donors (Lipinski definition) is 2. The topological polar surface area (TPSA) is 105 Å². The Labute approximate surface area is 236 Å². The highest BCUT2D eigenvalue weighted by Gasteiger charge is 2.34. The Bertz CT molecular complexity index is 1420. The average molecular weight is 593 g/mol. The molecule has 0 saturated heterocycles. The van der Waals surface area contributed by atoms with Crippen molar-refractivity contribution in [2.45, 2.75) is 76.4 Å². The van der Waals surface area contributed by atoms with Gasteiger partial charge in [0.1, 0.15) is 18.5 Å². The molecule has 214 valence electrons. The molecule has 0 aliphatic heterocycles. The second kappa shape index (κ2) is 12.2. The lowest BCUT2D eigenvalue weighted by molar-refractivity contribution is -0.140. The van der Waals surface area contributed by atoms with Crippen LogP contribution >= 0.6 is 11.6 Å². The van der Waals surface area contributed by atoms with Gasteiger partial charge in [0.2, 0.25) is 0 Å². The Balaban J connectivity index is 1.43. The van der Waals surface area contributed by atoms with E-state index in [4.69, 9.17) is 16.3 Å². The first-order valence-corrected chi connectivity index (χ1v) is 17.2. The standard InChI is InChI=1S/C27H32ClF3N6O2Si/c1-40(2,3)10-9-39-16-37-24(14-32)21(15-33-37)26(38)35-19-6-4-5-18(12-19)34-23-13-25(27(29,30)31)36-22-8-7-17(28)11-20(22)23/h7-8,11,13,15,18-19H,4-6,9-10,12,16H2,1-3H3,(H,34,36)(H,35,38)/t18-,19+/m0/s1. The number of pyridine rings is 1. The number of amides is 1. The number of aromatic nitrogens is 3. The summed E-state index contributed by atoms with van der Waals surface area (Å²) >= 11 is 6.12. The van der Waals surface area contributed by atoms with Crippen molar-refractivity contribution in [1.82, 2.24) is 20.1 Å². The maximum atomic E-state index is 13.5. The van der Waals surface area contributed by atoms with Gasteiger partial charge in [-0.05, 0) is 56.0 Å². The minimum atomic E-state index is -4.60. The zero-order valence-electron chi connectivity index (χ0n) is 22.6. The molecule has 3 aromatic rings. The van der Waals surface area contributed by atoms with Crippen LogP contribution < -0.4 is 10.6 Å². The normalized spacial score (nSPS) is 17.9. The van der Waals surface area contributed by atoms with E-state index in [0.717, 1.165) is 18.5 Å². The first kappa shape index (κ1) is 29.8. The summed E-state index contributed by atoms with van der Waals surface area (Å²) in [5.74, 6) is -0.420. The number of nitrogens with zero attached hydrogens (tertiary/aromatic N) is 4. The number of ether oxygens (including phenoxy) is 1. The van der Waals surface area contributed by atoms with E-state index in [9.17, 15) is 23.2 Å². The fourth-order valence-corrected chi connectivity index (χ4v) is 5.62. The second-order valence-electron chi connectivity index (χ2n) is 11.3. The second-order valence-corrected chi connectivity index (χ2v) is 17.3. The van der Waals surface area contributed by atoms with Gasteiger partial charge < -0.3 is 15.4 Å². The van der Waals surface area contributed by atoms with Crippen molar-refractivity contribution in [1.29, 1.82) is 5.26 Å². The first-order chi connectivity index (χ1) is 18.8. The molecule has 2 N–H and O–H groups in total. The lowest BCUT2D eigenvalue weighted by Crippen LogP contribution is -2.42. The van der Waals surface area contributed by atoms with Gasteiger partial charge >= 0.3 is 6.18 Å². The van der Waals surface area contributed by atoms with Gasteiger partial charge in [-0.3, -0.25) is 4.79 Å². The lowest BCUT2D eigenvalue weighted by atomic mass is 9.90. The molecule has 1 aliphatic rings. The number of carbonyl (C=O) groups is 1. The quantitative estimate of drug-likeness (QED) is 0.219. The maximum absolute atomic E-state index is 13.5. The van der Waals surface area contributed by atoms with Gasteiger partial charge in [-0.2, -0.15) is 23.5 Å². The fraction of sp³-hybridized carbons (Fsp3) is 0.481. The molecule has 1 aliphatic carbocycles. The monoisotopic (exact) mass is 592 g/mol. The van der Waals surface area contributed by atoms with Crippen LogP contribution in [0.2, 0.25) is 30.7 Å². The van der Waals surface area contributed by atoms with Crippen LogP contribution in [0.25, 0.3) is 10.9 Å². The van der Waals surface area contributed by atoms with Gasteiger partial charge in [0, 0.05) is 42.9 Å². The van der Waals surface area contributed by atoms with Crippen molar-refractivity contribution in [3.63, 3.8) is 0 Å². The summed E-state index contributed by atoms with van der Waals surface area (Å²) in [7, 11) is -1.26. The summed E-state index contributed by atoms with van der Waals surface area (Å²) in [6, 6.07) is 8.15. The van der Waals surface area contributed by atoms with E-state index in [1.54, 1.807) is 6.07 Å². The van der Waals surface area contributed by atoms with E-state index in [1.165, 1.54) is 23.0 Å². The van der Waals surface area contributed by atoms with E-state index >= 15 is 0 Å². The molecule has 2 heterocycles. The molecule has 0 radical (unpaired) electrons. The van der Waals surface area contributed by atoms with Crippen LogP contribution in [0.4, 0.5) is 18.9 Å². The van der Waals surface area contributed by atoms with Gasteiger partial charge in [-0.15, -0.1) is 0 Å². The van der Waals surface area contributed by atoms with Crippen molar-refractivity contribution >= 4 is 42.2 Å². The molecule has 2 aromatic heterocycles. The molecule has 0 bridgehead atoms. The highest BCUT2D eigenvalue weighted by atomic mass is 35.5. The number of nitrogens with one attached hydrogen (secondary N) is 2. The Kier molecular flexibility index (Phi) is 9.07. The van der Waals surface area contributed by atoms with Crippen LogP contribution in [0.1, 0.15) is 47.4 Å². The zero-order chi connectivity index (χ0) is 29.1. The summed E-state index contributed by atoms with van der Waals surface area (Å²) in [5, 5.41) is 20.9. The molecule has 1 aromatic carbocycles. The predicted molar refractivity (Wildman–Crippen MR) is 150 cm³/mol. The summed E-state index contributed by atoms with van der Waals surface area (Å²) in [6.45, 7) is 7.37. The van der Waals surface area contributed by atoms with E-state index in [2.05, 4.69) is 40.4 Å². The van der Waals surface area contributed by atoms with Crippen molar-refractivity contribution in [2.24, 2.45) is 0 Å². The number of hydrogen-bond acceptors (Lipinski definition) is 6. The number of anilines is 1. The van der Waals surface area contributed by atoms with Crippen LogP contribution in [0, 0.1) is 11.3 Å². The number of benzene rings is 1. The Morgan fingerprint density at radius 3 is 2.70 bits per heavy atom. The van der Waals surface area contributed by atoms with Gasteiger partial charge in [0.15, 0.2) is 5.69 Å². The lowest BCUT2D eigenvalue weighted by Gasteiger charge is -2.31. The fourth-order valence-electron chi connectivity index (χ4n) is 4.69. The maximum Gasteiger partial charge on any atom is 0.433 e. The Morgan fingerprint density at radius 1 is 1.25 bits per heavy atom. The number of alkyl halides is 3. The van der Waals surface area contributed by atoms with Gasteiger partial charge in [0.25, 0.3) is 5.91 Å². The van der Waals surface area contributed by atoms with Crippen LogP contribution in [-0.2, 0) is 17.6 Å². The summed E-state index contributed by atoms with van der Waals surface area (Å²) in [6.07, 6.45) is -0.568. The molecule has 1 fully saturated rings. The molecule has 2 atom stereocenters. The number of carbonyl (C=O) groups excluding carboxylic acids is 1. The van der Waals surface area contributed by atoms with E-state index < -0.39 is 25.9 Å². The third-order valence-electron chi connectivity index (χ3n) is 6.83. The number of nitriles is 1. The molecular formula is C27H32ClF3N6O2Si. The molecule has 13 heteroatoms. The molecule has 1 saturated carbocycles. The minimum Gasteiger partial charge on any atom is -0.382 e. The van der Waals surface area contributed by atoms with Gasteiger partial charge in [0.05, 0.1) is 17.3 Å². The first-order valence-electron chi connectivity index (χ1n) is 13.1. The molecule has 4 rings (SSSR count). The molecule has 1 amide bonds. The largest absolute Gasteiger partial charge is 0.433 e. The highest BCUT2D eigenvalue weighted by molar-refractivity contribution is 6.76. The average Bonchev–Trinajstić information content (AvgIpc) is 3.29. The van der Waals surface area contributed by atoms with E-state index in [0.29, 0.717) is 42.0 Å². The van der Waals surface area contributed by atoms with Crippen molar-refractivity contribution < 1.29 is 22.7 Å². The highest BCUT2D eigenvalue weighted by Crippen LogP contribution is 2.35. The van der Waals surface area contributed by atoms with E-state index in [-0.39, 0.29) is 35.6 Å². The van der Waals surface area contributed by atoms with Gasteiger partial charge in [-0.25, -0.2) is 9.67 Å². The minimum absolute atomic E-state index is 0.0832. The summed E-state index contributed by atoms with van der Waals surface area (Å²) in [5.41, 5.74) is -0.227. The molecule has 0 unspecified atom stereocenters. The Morgan fingerprint density at radius 2 is 2.00 bits per heavy atom. The Hall–Kier alpha value is -3.14. The summed E-state index contributed by atoms with van der Waals surface area (Å²) < 4.78 is 47.6. The van der Waals surface area contributed by atoms with Crippen molar-refractivity contribution in [3.8, 4) is 6.07 Å². The van der Waals surface area contributed by atoms with Crippen molar-refractivity contribution in [2.75, 3.05) is 11.9 Å². The third kappa shape index (κ3) is 7.53. The third-order valence-corrected chi connectivity index (χ3v) is 8.77. The number of fused-ring (bicyclic) bond motifs is 1. The van der Waals surface area contributed by atoms with Crippen molar-refractivity contribution in [3.05, 3.63) is 52.4 Å². The SMILES string of the molecule is C[Si](C)(C)CCOCn1ncc(C(=O)N[C@@H]2CCC[C@H](Nc3cc(C(F)(F)F)nc4ccc(Cl)cc34)C2)c1C#N. The van der Waals surface area contributed by atoms with Crippen LogP contribution in [0.5, 0.6) is 0 Å². The predicted octanol–water partition coefficient (Wildman–Crippen LogP) is 6.44. The van der Waals surface area contributed by atoms with Crippen LogP contribution in [0.15, 0.2) is 30.5 Å². The number of halogens is 4. The van der Waals surface area contributed by atoms with Crippen LogP contribution in [-0.4, -0.2) is 47.4 Å². The molecule has 8 nitrogen and oxygen atoms in total. The zero-order valence-corrected chi connectivity index (χ0v) is 24.4. The smallest absolute Gasteiger partial charge is 0.382 e. The van der Waals surface area contributed by atoms with Gasteiger partial charge in [-0.1, -0.05) is 31.2 Å².